The van der Waals surface area contributed by atoms with E-state index in [4.69, 9.17) is 0 Å². The summed E-state index contributed by atoms with van der Waals surface area (Å²) in [6.07, 6.45) is 8.29. The molecule has 4 rings (SSSR count). The highest BCUT2D eigenvalue weighted by atomic mass is 19.1. The minimum Gasteiger partial charge on any atom is -0.508 e. The Labute approximate surface area is 224 Å². The van der Waals surface area contributed by atoms with Gasteiger partial charge < -0.3 is 15.0 Å². The predicted molar refractivity (Wildman–Crippen MR) is 155 cm³/mol. The van der Waals surface area contributed by atoms with Crippen LogP contribution >= 0.6 is 0 Å². The van der Waals surface area contributed by atoms with Gasteiger partial charge in [-0.1, -0.05) is 51.0 Å². The van der Waals surface area contributed by atoms with Crippen LogP contribution in [0.15, 0.2) is 66.7 Å². The number of aryl methyl sites for hydroxylation is 1. The molecule has 1 heterocycles. The van der Waals surface area contributed by atoms with Crippen LogP contribution in [0.4, 0.5) is 4.39 Å². The van der Waals surface area contributed by atoms with Gasteiger partial charge in [0.2, 0.25) is 5.91 Å². The van der Waals surface area contributed by atoms with E-state index in [0.717, 1.165) is 83.2 Å². The maximum atomic E-state index is 13.4. The molecule has 0 saturated carbocycles. The number of halogens is 1. The van der Waals surface area contributed by atoms with E-state index in [2.05, 4.69) is 18.8 Å². The van der Waals surface area contributed by atoms with Crippen LogP contribution in [0.1, 0.15) is 61.8 Å². The summed E-state index contributed by atoms with van der Waals surface area (Å²) < 4.78 is 13.4. The highest BCUT2D eigenvalue weighted by molar-refractivity contribution is 5.95. The number of nitrogens with zero attached hydrogens (tertiary/aromatic N) is 1. The van der Waals surface area contributed by atoms with Crippen molar-refractivity contribution in [2.75, 3.05) is 13.1 Å². The molecule has 0 fully saturated rings. The number of rotatable bonds is 11. The molecule has 0 bridgehead atoms. The van der Waals surface area contributed by atoms with Gasteiger partial charge in [-0.15, -0.1) is 0 Å². The van der Waals surface area contributed by atoms with Gasteiger partial charge >= 0.3 is 0 Å². The number of carbonyl (C=O) groups excluding carboxylic acids is 1. The lowest BCUT2D eigenvalue weighted by Crippen LogP contribution is -2.31. The number of H-pyrrole nitrogens is 1. The van der Waals surface area contributed by atoms with Crippen LogP contribution in [0.3, 0.4) is 0 Å². The molecule has 3 aromatic carbocycles. The summed E-state index contributed by atoms with van der Waals surface area (Å²) in [6.45, 7) is 7.91. The Morgan fingerprint density at radius 1 is 0.947 bits per heavy atom. The van der Waals surface area contributed by atoms with E-state index in [-0.39, 0.29) is 17.5 Å². The third-order valence-electron chi connectivity index (χ3n) is 7.08. The van der Waals surface area contributed by atoms with Crippen LogP contribution in [-0.2, 0) is 11.2 Å². The largest absolute Gasteiger partial charge is 0.508 e. The van der Waals surface area contributed by atoms with Crippen molar-refractivity contribution < 1.29 is 14.3 Å². The number of aromatic amines is 1. The number of phenolic OH excluding ortho intramolecular Hbond substituents is 1. The zero-order chi connectivity index (χ0) is 27.1. The molecule has 0 aliphatic carbocycles. The number of carbonyl (C=O) groups is 1. The van der Waals surface area contributed by atoms with Crippen LogP contribution in [0.25, 0.3) is 28.2 Å². The number of amides is 1. The second kappa shape index (κ2) is 12.6. The lowest BCUT2D eigenvalue weighted by molar-refractivity contribution is -0.126. The van der Waals surface area contributed by atoms with Crippen LogP contribution in [0.5, 0.6) is 5.75 Å². The van der Waals surface area contributed by atoms with Gasteiger partial charge in [-0.25, -0.2) is 4.39 Å². The smallest absolute Gasteiger partial charge is 0.246 e. The fourth-order valence-corrected chi connectivity index (χ4v) is 4.86. The van der Waals surface area contributed by atoms with Gasteiger partial charge in [0.05, 0.1) is 0 Å². The Morgan fingerprint density at radius 3 is 2.24 bits per heavy atom. The van der Waals surface area contributed by atoms with Crippen LogP contribution in [-0.4, -0.2) is 34.0 Å². The van der Waals surface area contributed by atoms with E-state index in [9.17, 15) is 14.3 Å². The normalized spacial score (nSPS) is 11.5. The quantitative estimate of drug-likeness (QED) is 0.200. The average molecular weight is 513 g/mol. The molecule has 2 N–H and O–H groups in total. The van der Waals surface area contributed by atoms with Crippen molar-refractivity contribution in [1.29, 1.82) is 0 Å². The van der Waals surface area contributed by atoms with E-state index in [1.54, 1.807) is 24.3 Å². The molecule has 198 valence electrons. The summed E-state index contributed by atoms with van der Waals surface area (Å²) in [6, 6.07) is 18.1. The fourth-order valence-electron chi connectivity index (χ4n) is 4.86. The SMILES string of the molecule is CCCCN(CCCC)C(=O)C=Cc1ccc(Cc2c(O)ccc3[nH]c(-c4ccc(F)cc4)c(C)c23)cc1. The van der Waals surface area contributed by atoms with E-state index < -0.39 is 0 Å². The first kappa shape index (κ1) is 27.2. The number of hydrogen-bond acceptors (Lipinski definition) is 2. The maximum absolute atomic E-state index is 13.4. The molecule has 0 radical (unpaired) electrons. The van der Waals surface area contributed by atoms with Crippen molar-refractivity contribution >= 4 is 22.9 Å². The lowest BCUT2D eigenvalue weighted by atomic mass is 9.96. The van der Waals surface area contributed by atoms with E-state index in [1.807, 2.05) is 48.2 Å². The van der Waals surface area contributed by atoms with Crippen molar-refractivity contribution in [3.05, 3.63) is 94.8 Å². The summed E-state index contributed by atoms with van der Waals surface area (Å²) in [5.41, 5.74) is 6.66. The Morgan fingerprint density at radius 2 is 1.61 bits per heavy atom. The Hall–Kier alpha value is -3.86. The number of aromatic nitrogens is 1. The first-order valence-corrected chi connectivity index (χ1v) is 13.6. The highest BCUT2D eigenvalue weighted by Crippen LogP contribution is 2.36. The lowest BCUT2D eigenvalue weighted by Gasteiger charge is -2.20. The van der Waals surface area contributed by atoms with E-state index in [0.29, 0.717) is 6.42 Å². The Kier molecular flexibility index (Phi) is 9.01. The number of phenols is 1. The van der Waals surface area contributed by atoms with Crippen molar-refractivity contribution in [2.45, 2.75) is 52.9 Å². The fraction of sp³-hybridized carbons (Fsp3) is 0.303. The molecule has 0 aliphatic heterocycles. The summed E-state index contributed by atoms with van der Waals surface area (Å²) in [5, 5.41) is 11.8. The first-order valence-electron chi connectivity index (χ1n) is 13.6. The number of aromatic hydroxyl groups is 1. The second-order valence-electron chi connectivity index (χ2n) is 9.90. The van der Waals surface area contributed by atoms with Gasteiger partial charge in [0, 0.05) is 47.7 Å². The van der Waals surface area contributed by atoms with Crippen molar-refractivity contribution in [2.24, 2.45) is 0 Å². The monoisotopic (exact) mass is 512 g/mol. The molecule has 4 aromatic rings. The molecule has 0 saturated heterocycles. The molecule has 5 heteroatoms. The van der Waals surface area contributed by atoms with Gasteiger partial charge in [-0.2, -0.15) is 0 Å². The second-order valence-corrected chi connectivity index (χ2v) is 9.90. The molecule has 1 aromatic heterocycles. The van der Waals surface area contributed by atoms with Crippen molar-refractivity contribution in [1.82, 2.24) is 9.88 Å². The Bertz CT molecular complexity index is 1390. The van der Waals surface area contributed by atoms with Gasteiger partial charge in [0.1, 0.15) is 11.6 Å². The standard InChI is InChI=1S/C33H37FN2O2/c1-4-6-20-36(21-7-5-2)31(38)19-12-24-8-10-25(11-9-24)22-28-30(37)18-17-29-32(28)23(3)33(35-29)26-13-15-27(34)16-14-26/h8-19,35,37H,4-7,20-22H2,1-3H3. The molecule has 0 unspecified atom stereocenters. The van der Waals surface area contributed by atoms with E-state index >= 15 is 0 Å². The molecule has 1 amide bonds. The van der Waals surface area contributed by atoms with Gasteiger partial charge in [0.25, 0.3) is 0 Å². The number of fused-ring (bicyclic) bond motifs is 1. The molecule has 0 spiro atoms. The molecule has 38 heavy (non-hydrogen) atoms. The maximum Gasteiger partial charge on any atom is 0.246 e. The van der Waals surface area contributed by atoms with Gasteiger partial charge in [-0.05, 0) is 84.5 Å². The molecule has 0 aliphatic rings. The minimum absolute atomic E-state index is 0.0625. The number of unbranched alkanes of at least 4 members (excludes halogenated alkanes) is 2. The molecular formula is C33H37FN2O2. The summed E-state index contributed by atoms with van der Waals surface area (Å²) in [4.78, 5) is 18.1. The summed E-state index contributed by atoms with van der Waals surface area (Å²) >= 11 is 0. The van der Waals surface area contributed by atoms with Crippen molar-refractivity contribution in [3.63, 3.8) is 0 Å². The van der Waals surface area contributed by atoms with Crippen molar-refractivity contribution in [3.8, 4) is 17.0 Å². The summed E-state index contributed by atoms with van der Waals surface area (Å²) in [5.74, 6) is 0.0420. The zero-order valence-corrected chi connectivity index (χ0v) is 22.6. The van der Waals surface area contributed by atoms with Crippen LogP contribution in [0.2, 0.25) is 0 Å². The topological polar surface area (TPSA) is 56.3 Å². The molecule has 4 nitrogen and oxygen atoms in total. The molecule has 0 atom stereocenters. The van der Waals surface area contributed by atoms with Crippen LogP contribution < -0.4 is 0 Å². The first-order chi connectivity index (χ1) is 18.4. The highest BCUT2D eigenvalue weighted by Gasteiger charge is 2.16. The zero-order valence-electron chi connectivity index (χ0n) is 22.6. The summed E-state index contributed by atoms with van der Waals surface area (Å²) in [7, 11) is 0. The van der Waals surface area contributed by atoms with Gasteiger partial charge in [-0.3, -0.25) is 4.79 Å². The third kappa shape index (κ3) is 6.34. The van der Waals surface area contributed by atoms with Gasteiger partial charge in [0.15, 0.2) is 0 Å². The number of hydrogen-bond donors (Lipinski definition) is 2. The average Bonchev–Trinajstić information content (AvgIpc) is 3.26. The van der Waals surface area contributed by atoms with E-state index in [1.165, 1.54) is 12.1 Å². The number of nitrogens with one attached hydrogen (secondary N) is 1. The third-order valence-corrected chi connectivity index (χ3v) is 7.08. The number of benzene rings is 3. The van der Waals surface area contributed by atoms with Crippen LogP contribution in [0, 0.1) is 12.7 Å². The molecular weight excluding hydrogens is 475 g/mol. The Balaban J connectivity index is 1.53. The minimum atomic E-state index is -0.270. The predicted octanol–water partition coefficient (Wildman–Crippen LogP) is 8.02.